The van der Waals surface area contributed by atoms with Crippen LogP contribution < -0.4 is 11.1 Å². The number of nitrogens with two attached hydrogens (primary N) is 1. The lowest BCUT2D eigenvalue weighted by Gasteiger charge is -2.18. The highest BCUT2D eigenvalue weighted by molar-refractivity contribution is 7.89. The Labute approximate surface area is 148 Å². The number of hydrogen-bond acceptors (Lipinski definition) is 4. The Morgan fingerprint density at radius 2 is 1.68 bits per heavy atom. The first-order valence-electron chi connectivity index (χ1n) is 8.07. The lowest BCUT2D eigenvalue weighted by atomic mass is 10.1. The molecule has 0 unspecified atom stereocenters. The van der Waals surface area contributed by atoms with E-state index >= 15 is 0 Å². The summed E-state index contributed by atoms with van der Waals surface area (Å²) in [6.07, 6.45) is 0. The highest BCUT2D eigenvalue weighted by Gasteiger charge is 2.21. The summed E-state index contributed by atoms with van der Waals surface area (Å²) in [6.45, 7) is 6.23. The third kappa shape index (κ3) is 4.18. The number of benzene rings is 2. The zero-order valence-electron chi connectivity index (χ0n) is 14.6. The van der Waals surface area contributed by atoms with Crippen LogP contribution in [0.3, 0.4) is 0 Å². The van der Waals surface area contributed by atoms with Gasteiger partial charge in [0.1, 0.15) is 0 Å². The number of carbonyl (C=O) groups is 1. The molecular weight excluding hydrogens is 338 g/mol. The van der Waals surface area contributed by atoms with E-state index in [1.165, 1.54) is 28.6 Å². The van der Waals surface area contributed by atoms with Crippen molar-refractivity contribution in [3.05, 3.63) is 53.6 Å². The molecule has 7 heteroatoms. The molecular formula is C18H23N3O3S. The number of anilines is 2. The number of amides is 1. The number of aryl methyl sites for hydroxylation is 1. The third-order valence-electron chi connectivity index (χ3n) is 3.96. The fourth-order valence-corrected chi connectivity index (χ4v) is 3.97. The van der Waals surface area contributed by atoms with E-state index in [1.807, 2.05) is 6.92 Å². The van der Waals surface area contributed by atoms with Crippen molar-refractivity contribution in [1.29, 1.82) is 0 Å². The van der Waals surface area contributed by atoms with Gasteiger partial charge in [-0.1, -0.05) is 13.8 Å². The average Bonchev–Trinajstić information content (AvgIpc) is 2.58. The van der Waals surface area contributed by atoms with Crippen molar-refractivity contribution in [2.45, 2.75) is 25.7 Å². The Hall–Kier alpha value is -2.38. The fraction of sp³-hybridized carbons (Fsp3) is 0.278. The normalized spacial score (nSPS) is 11.5. The van der Waals surface area contributed by atoms with Crippen LogP contribution in [0.15, 0.2) is 47.4 Å². The number of hydrogen-bond donors (Lipinski definition) is 2. The molecule has 0 fully saturated rings. The van der Waals surface area contributed by atoms with E-state index in [4.69, 9.17) is 5.73 Å². The Kier molecular flexibility index (Phi) is 5.81. The second-order valence-electron chi connectivity index (χ2n) is 5.64. The van der Waals surface area contributed by atoms with Crippen LogP contribution in [0.1, 0.15) is 29.8 Å². The van der Waals surface area contributed by atoms with Crippen LogP contribution in [0.25, 0.3) is 0 Å². The maximum absolute atomic E-state index is 12.5. The molecule has 0 saturated carbocycles. The van der Waals surface area contributed by atoms with Crippen LogP contribution in [0.2, 0.25) is 0 Å². The summed E-state index contributed by atoms with van der Waals surface area (Å²) in [4.78, 5) is 12.5. The molecule has 0 spiro atoms. The van der Waals surface area contributed by atoms with Crippen LogP contribution in [0.4, 0.5) is 11.4 Å². The van der Waals surface area contributed by atoms with Gasteiger partial charge in [-0.15, -0.1) is 0 Å². The molecule has 2 aromatic rings. The molecule has 0 saturated heterocycles. The Morgan fingerprint density at radius 1 is 1.08 bits per heavy atom. The van der Waals surface area contributed by atoms with E-state index in [9.17, 15) is 13.2 Å². The molecule has 0 bridgehead atoms. The van der Waals surface area contributed by atoms with E-state index in [0.29, 0.717) is 30.0 Å². The van der Waals surface area contributed by atoms with Crippen LogP contribution in [-0.4, -0.2) is 31.7 Å². The van der Waals surface area contributed by atoms with Crippen LogP contribution >= 0.6 is 0 Å². The molecule has 0 heterocycles. The first kappa shape index (κ1) is 19.0. The summed E-state index contributed by atoms with van der Waals surface area (Å²) in [6, 6.07) is 11.2. The van der Waals surface area contributed by atoms with Gasteiger partial charge in [-0.05, 0) is 55.0 Å². The molecule has 6 nitrogen and oxygen atoms in total. The van der Waals surface area contributed by atoms with Crippen molar-refractivity contribution in [2.24, 2.45) is 0 Å². The van der Waals surface area contributed by atoms with Gasteiger partial charge in [0.15, 0.2) is 0 Å². The summed E-state index contributed by atoms with van der Waals surface area (Å²) in [5, 5.41) is 2.80. The number of sulfonamides is 1. The molecule has 1 amide bonds. The fourth-order valence-electron chi connectivity index (χ4n) is 2.51. The Balaban J connectivity index is 2.20. The molecule has 0 atom stereocenters. The van der Waals surface area contributed by atoms with E-state index in [0.717, 1.165) is 5.56 Å². The van der Waals surface area contributed by atoms with E-state index < -0.39 is 10.0 Å². The van der Waals surface area contributed by atoms with Crippen molar-refractivity contribution < 1.29 is 13.2 Å². The molecule has 2 aromatic carbocycles. The maximum Gasteiger partial charge on any atom is 0.255 e. The van der Waals surface area contributed by atoms with Crippen molar-refractivity contribution in [2.75, 3.05) is 24.1 Å². The van der Waals surface area contributed by atoms with Gasteiger partial charge in [0.25, 0.3) is 5.91 Å². The first-order chi connectivity index (χ1) is 11.8. The van der Waals surface area contributed by atoms with Gasteiger partial charge < -0.3 is 11.1 Å². The molecule has 0 aromatic heterocycles. The quantitative estimate of drug-likeness (QED) is 0.774. The topological polar surface area (TPSA) is 92.5 Å². The number of rotatable bonds is 6. The summed E-state index contributed by atoms with van der Waals surface area (Å²) in [5.74, 6) is -0.306. The number of nitrogens with one attached hydrogen (secondary N) is 1. The summed E-state index contributed by atoms with van der Waals surface area (Å²) in [7, 11) is -3.53. The third-order valence-corrected chi connectivity index (χ3v) is 6.02. The lowest BCUT2D eigenvalue weighted by Crippen LogP contribution is -2.30. The zero-order chi connectivity index (χ0) is 18.6. The minimum Gasteiger partial charge on any atom is -0.399 e. The molecule has 0 aliphatic rings. The van der Waals surface area contributed by atoms with Gasteiger partial charge in [-0.2, -0.15) is 4.31 Å². The molecule has 25 heavy (non-hydrogen) atoms. The second-order valence-corrected chi connectivity index (χ2v) is 7.58. The predicted octanol–water partition coefficient (Wildman–Crippen LogP) is 2.86. The predicted molar refractivity (Wildman–Crippen MR) is 100 cm³/mol. The van der Waals surface area contributed by atoms with Gasteiger partial charge in [-0.25, -0.2) is 8.42 Å². The van der Waals surface area contributed by atoms with Gasteiger partial charge >= 0.3 is 0 Å². The SMILES string of the molecule is CCN(CC)S(=O)(=O)c1ccc(C(=O)Nc2ccc(N)cc2C)cc1. The number of carbonyl (C=O) groups excluding carboxylic acids is 1. The zero-order valence-corrected chi connectivity index (χ0v) is 15.4. The van der Waals surface area contributed by atoms with Gasteiger partial charge in [0, 0.05) is 30.0 Å². The van der Waals surface area contributed by atoms with Crippen LogP contribution in [0, 0.1) is 6.92 Å². The Bertz CT molecular complexity index is 858. The molecule has 0 aliphatic carbocycles. The molecule has 3 N–H and O–H groups in total. The maximum atomic E-state index is 12.5. The number of nitrogens with zero attached hydrogens (tertiary/aromatic N) is 1. The highest BCUT2D eigenvalue weighted by Crippen LogP contribution is 2.20. The van der Waals surface area contributed by atoms with Crippen molar-refractivity contribution >= 4 is 27.3 Å². The first-order valence-corrected chi connectivity index (χ1v) is 9.51. The average molecular weight is 361 g/mol. The summed E-state index contributed by atoms with van der Waals surface area (Å²) >= 11 is 0. The smallest absolute Gasteiger partial charge is 0.255 e. The second kappa shape index (κ2) is 7.67. The van der Waals surface area contributed by atoms with Crippen molar-refractivity contribution in [1.82, 2.24) is 4.31 Å². The van der Waals surface area contributed by atoms with Crippen LogP contribution in [0.5, 0.6) is 0 Å². The standard InChI is InChI=1S/C18H23N3O3S/c1-4-21(5-2)25(23,24)16-9-6-14(7-10-16)18(22)20-17-11-8-15(19)12-13(17)3/h6-12H,4-5,19H2,1-3H3,(H,20,22). The summed E-state index contributed by atoms with van der Waals surface area (Å²) in [5.41, 5.74) is 8.23. The Morgan fingerprint density at radius 3 is 2.20 bits per heavy atom. The van der Waals surface area contributed by atoms with Gasteiger partial charge in [0.05, 0.1) is 4.90 Å². The molecule has 134 valence electrons. The van der Waals surface area contributed by atoms with E-state index in [2.05, 4.69) is 5.32 Å². The molecule has 0 radical (unpaired) electrons. The van der Waals surface area contributed by atoms with Crippen LogP contribution in [-0.2, 0) is 10.0 Å². The summed E-state index contributed by atoms with van der Waals surface area (Å²) < 4.78 is 26.3. The molecule has 2 rings (SSSR count). The minimum atomic E-state index is -3.53. The largest absolute Gasteiger partial charge is 0.399 e. The van der Waals surface area contributed by atoms with Crippen molar-refractivity contribution in [3.8, 4) is 0 Å². The minimum absolute atomic E-state index is 0.177. The van der Waals surface area contributed by atoms with Gasteiger partial charge in [-0.3, -0.25) is 4.79 Å². The van der Waals surface area contributed by atoms with E-state index in [-0.39, 0.29) is 10.8 Å². The lowest BCUT2D eigenvalue weighted by molar-refractivity contribution is 0.102. The number of nitrogen functional groups attached to an aromatic ring is 1. The molecule has 0 aliphatic heterocycles. The van der Waals surface area contributed by atoms with Gasteiger partial charge in [0.2, 0.25) is 10.0 Å². The van der Waals surface area contributed by atoms with Crippen molar-refractivity contribution in [3.63, 3.8) is 0 Å². The highest BCUT2D eigenvalue weighted by atomic mass is 32.2. The monoisotopic (exact) mass is 361 g/mol. The van der Waals surface area contributed by atoms with E-state index in [1.54, 1.807) is 32.0 Å².